The molecule has 4 rings (SSSR count). The summed E-state index contributed by atoms with van der Waals surface area (Å²) in [5.41, 5.74) is 6.78. The average molecular weight is 371 g/mol. The predicted octanol–water partition coefficient (Wildman–Crippen LogP) is 2.26. The first-order chi connectivity index (χ1) is 13.2. The number of anilines is 2. The summed E-state index contributed by atoms with van der Waals surface area (Å²) < 4.78 is 2.07. The van der Waals surface area contributed by atoms with Gasteiger partial charge in [-0.15, -0.1) is 5.10 Å². The highest BCUT2D eigenvalue weighted by molar-refractivity contribution is 5.41. The molecule has 0 spiro atoms. The summed E-state index contributed by atoms with van der Waals surface area (Å²) >= 11 is 0. The van der Waals surface area contributed by atoms with Crippen LogP contribution in [0.25, 0.3) is 0 Å². The summed E-state index contributed by atoms with van der Waals surface area (Å²) in [6.45, 7) is 2.78. The molecule has 8 nitrogen and oxygen atoms in total. The van der Waals surface area contributed by atoms with E-state index in [-0.39, 0.29) is 0 Å². The summed E-state index contributed by atoms with van der Waals surface area (Å²) in [5.74, 6) is 1.24. The Morgan fingerprint density at radius 3 is 2.67 bits per heavy atom. The van der Waals surface area contributed by atoms with Crippen LogP contribution in [0.4, 0.5) is 11.8 Å². The molecular weight excluding hydrogens is 340 g/mol. The van der Waals surface area contributed by atoms with Gasteiger partial charge in [-0.3, -0.25) is 4.90 Å². The number of nitrogens with two attached hydrogens (primary N) is 1. The fourth-order valence-electron chi connectivity index (χ4n) is 4.37. The van der Waals surface area contributed by atoms with Crippen molar-refractivity contribution in [2.75, 3.05) is 30.8 Å². The van der Waals surface area contributed by atoms with E-state index in [2.05, 4.69) is 48.0 Å². The lowest BCUT2D eigenvalue weighted by Gasteiger charge is -2.32. The van der Waals surface area contributed by atoms with E-state index in [9.17, 15) is 0 Å². The number of hydrogen-bond acceptors (Lipinski definition) is 7. The van der Waals surface area contributed by atoms with Gasteiger partial charge in [-0.05, 0) is 38.8 Å². The smallest absolute Gasteiger partial charge is 0.221 e. The Kier molecular flexibility index (Phi) is 5.52. The maximum Gasteiger partial charge on any atom is 0.221 e. The van der Waals surface area contributed by atoms with Crippen LogP contribution >= 0.6 is 0 Å². The fourth-order valence-corrected chi connectivity index (χ4v) is 4.37. The highest BCUT2D eigenvalue weighted by Gasteiger charge is 2.24. The molecule has 1 saturated carbocycles. The normalized spacial score (nSPS) is 19.7. The quantitative estimate of drug-likeness (QED) is 0.863. The third-order valence-corrected chi connectivity index (χ3v) is 5.99. The summed E-state index contributed by atoms with van der Waals surface area (Å²) in [6, 6.07) is 3.03. The highest BCUT2D eigenvalue weighted by atomic mass is 15.4. The zero-order valence-corrected chi connectivity index (χ0v) is 16.2. The zero-order chi connectivity index (χ0) is 18.6. The topological polar surface area (TPSA) is 89.0 Å². The first-order valence-corrected chi connectivity index (χ1v) is 10.1. The Hall–Kier alpha value is -2.22. The molecule has 0 amide bonds. The van der Waals surface area contributed by atoms with Crippen molar-refractivity contribution in [3.8, 4) is 0 Å². The van der Waals surface area contributed by atoms with Crippen molar-refractivity contribution in [3.05, 3.63) is 24.2 Å². The third kappa shape index (κ3) is 4.37. The lowest BCUT2D eigenvalue weighted by atomic mass is 9.94. The first-order valence-electron chi connectivity index (χ1n) is 10.1. The molecule has 2 fully saturated rings. The largest absolute Gasteiger partial charge is 0.368 e. The van der Waals surface area contributed by atoms with Gasteiger partial charge in [0.1, 0.15) is 5.82 Å². The van der Waals surface area contributed by atoms with Gasteiger partial charge in [-0.25, -0.2) is 9.67 Å². The van der Waals surface area contributed by atoms with Crippen LogP contribution in [0.15, 0.2) is 18.5 Å². The molecule has 2 aromatic heterocycles. The van der Waals surface area contributed by atoms with E-state index in [1.807, 2.05) is 6.07 Å². The number of nitrogen functional groups attached to an aromatic ring is 1. The number of rotatable bonds is 5. The van der Waals surface area contributed by atoms with Gasteiger partial charge in [0.25, 0.3) is 0 Å². The Morgan fingerprint density at radius 2 is 1.93 bits per heavy atom. The average Bonchev–Trinajstić information content (AvgIpc) is 3.17. The molecular formula is C19H30N8. The second kappa shape index (κ2) is 8.21. The fraction of sp³-hybridized carbons (Fsp3) is 0.684. The van der Waals surface area contributed by atoms with Crippen LogP contribution in [0.5, 0.6) is 0 Å². The van der Waals surface area contributed by atoms with Gasteiger partial charge < -0.3 is 10.6 Å². The van der Waals surface area contributed by atoms with Crippen molar-refractivity contribution in [2.24, 2.45) is 0 Å². The SMILES string of the molecule is CN(Cc1cn(C2CCN(c3ccnc(N)n3)CC2)nn1)C1CCCCC1. The van der Waals surface area contributed by atoms with E-state index in [4.69, 9.17) is 5.73 Å². The molecule has 3 heterocycles. The molecule has 1 aliphatic carbocycles. The van der Waals surface area contributed by atoms with Crippen molar-refractivity contribution < 1.29 is 0 Å². The van der Waals surface area contributed by atoms with Crippen LogP contribution in [-0.2, 0) is 6.54 Å². The van der Waals surface area contributed by atoms with E-state index < -0.39 is 0 Å². The number of hydrogen-bond donors (Lipinski definition) is 1. The predicted molar refractivity (Wildman–Crippen MR) is 105 cm³/mol. The zero-order valence-electron chi connectivity index (χ0n) is 16.2. The van der Waals surface area contributed by atoms with Crippen molar-refractivity contribution in [1.82, 2.24) is 29.9 Å². The minimum Gasteiger partial charge on any atom is -0.368 e. The standard InChI is InChI=1S/C19H30N8/c1-25(16-5-3-2-4-6-16)13-15-14-27(24-23-15)17-8-11-26(12-9-17)18-7-10-21-19(20)22-18/h7,10,14,16-17H,2-6,8-9,11-13H2,1H3,(H2,20,21,22). The van der Waals surface area contributed by atoms with Gasteiger partial charge in [0, 0.05) is 31.9 Å². The summed E-state index contributed by atoms with van der Waals surface area (Å²) in [6.07, 6.45) is 12.7. The van der Waals surface area contributed by atoms with Crippen LogP contribution in [0, 0.1) is 0 Å². The Morgan fingerprint density at radius 1 is 1.15 bits per heavy atom. The molecule has 0 atom stereocenters. The van der Waals surface area contributed by atoms with E-state index in [0.29, 0.717) is 18.0 Å². The van der Waals surface area contributed by atoms with Crippen molar-refractivity contribution in [1.29, 1.82) is 0 Å². The maximum absolute atomic E-state index is 5.70. The summed E-state index contributed by atoms with van der Waals surface area (Å²) in [4.78, 5) is 13.0. The van der Waals surface area contributed by atoms with Gasteiger partial charge in [0.15, 0.2) is 0 Å². The molecule has 1 aliphatic heterocycles. The monoisotopic (exact) mass is 370 g/mol. The molecule has 0 aromatic carbocycles. The Bertz CT molecular complexity index is 731. The Balaban J connectivity index is 1.31. The first kappa shape index (κ1) is 18.2. The molecule has 0 radical (unpaired) electrons. The van der Waals surface area contributed by atoms with Crippen LogP contribution in [0.1, 0.15) is 56.7 Å². The maximum atomic E-state index is 5.70. The summed E-state index contributed by atoms with van der Waals surface area (Å²) in [7, 11) is 2.22. The minimum absolute atomic E-state index is 0.331. The van der Waals surface area contributed by atoms with Gasteiger partial charge in [0.05, 0.1) is 17.9 Å². The van der Waals surface area contributed by atoms with Crippen molar-refractivity contribution in [3.63, 3.8) is 0 Å². The van der Waals surface area contributed by atoms with Gasteiger partial charge in [0.2, 0.25) is 5.95 Å². The second-order valence-corrected chi connectivity index (χ2v) is 7.89. The van der Waals surface area contributed by atoms with E-state index in [1.54, 1.807) is 6.20 Å². The minimum atomic E-state index is 0.331. The van der Waals surface area contributed by atoms with Crippen LogP contribution in [0.2, 0.25) is 0 Å². The van der Waals surface area contributed by atoms with Crippen LogP contribution in [-0.4, -0.2) is 56.0 Å². The molecule has 2 aliphatic rings. The molecule has 0 unspecified atom stereocenters. The van der Waals surface area contributed by atoms with Gasteiger partial charge in [-0.1, -0.05) is 24.5 Å². The molecule has 8 heteroatoms. The van der Waals surface area contributed by atoms with Crippen molar-refractivity contribution >= 4 is 11.8 Å². The van der Waals surface area contributed by atoms with Gasteiger partial charge >= 0.3 is 0 Å². The molecule has 146 valence electrons. The summed E-state index contributed by atoms with van der Waals surface area (Å²) in [5, 5.41) is 8.86. The molecule has 1 saturated heterocycles. The highest BCUT2D eigenvalue weighted by Crippen LogP contribution is 2.26. The molecule has 2 N–H and O–H groups in total. The molecule has 0 bridgehead atoms. The van der Waals surface area contributed by atoms with Gasteiger partial charge in [-0.2, -0.15) is 4.98 Å². The third-order valence-electron chi connectivity index (χ3n) is 5.99. The number of nitrogens with zero attached hydrogens (tertiary/aromatic N) is 7. The van der Waals surface area contributed by atoms with Crippen LogP contribution in [0.3, 0.4) is 0 Å². The lowest BCUT2D eigenvalue weighted by molar-refractivity contribution is 0.182. The van der Waals surface area contributed by atoms with Crippen molar-refractivity contribution in [2.45, 2.75) is 63.6 Å². The Labute approximate surface area is 160 Å². The lowest BCUT2D eigenvalue weighted by Crippen LogP contribution is -2.35. The van der Waals surface area contributed by atoms with Crippen LogP contribution < -0.4 is 10.6 Å². The molecule has 27 heavy (non-hydrogen) atoms. The second-order valence-electron chi connectivity index (χ2n) is 7.89. The van der Waals surface area contributed by atoms with E-state index >= 15 is 0 Å². The number of aromatic nitrogens is 5. The van der Waals surface area contributed by atoms with E-state index in [1.165, 1.54) is 32.1 Å². The number of piperidine rings is 1. The molecule has 2 aromatic rings. The van der Waals surface area contributed by atoms with E-state index in [0.717, 1.165) is 44.0 Å².